The molecule has 1 atom stereocenters. The quantitative estimate of drug-likeness (QED) is 0.309. The molecule has 0 saturated carbocycles. The Labute approximate surface area is 197 Å². The van der Waals surface area contributed by atoms with Gasteiger partial charge in [-0.1, -0.05) is 48.5 Å². The number of fused-ring (bicyclic) bond motifs is 1. The fraction of sp³-hybridized carbons (Fsp3) is 0.185. The highest BCUT2D eigenvalue weighted by Crippen LogP contribution is 2.32. The molecule has 1 unspecified atom stereocenters. The topological polar surface area (TPSA) is 83.1 Å². The zero-order valence-electron chi connectivity index (χ0n) is 18.9. The second-order valence-corrected chi connectivity index (χ2v) is 7.65. The van der Waals surface area contributed by atoms with Crippen LogP contribution in [0.25, 0.3) is 11.6 Å². The van der Waals surface area contributed by atoms with E-state index in [1.54, 1.807) is 26.2 Å². The summed E-state index contributed by atoms with van der Waals surface area (Å²) < 4.78 is 21.5. The van der Waals surface area contributed by atoms with Gasteiger partial charge in [0.1, 0.15) is 5.75 Å². The normalized spacial score (nSPS) is 13.2. The predicted octanol–water partition coefficient (Wildman–Crippen LogP) is 4.21. The molecule has 0 radical (unpaired) electrons. The molecule has 1 amide bonds. The van der Waals surface area contributed by atoms with Crippen LogP contribution in [0.1, 0.15) is 23.6 Å². The Hall–Kier alpha value is -4.26. The van der Waals surface area contributed by atoms with Crippen LogP contribution in [0.4, 0.5) is 0 Å². The summed E-state index contributed by atoms with van der Waals surface area (Å²) in [6.07, 6.45) is 0.733. The van der Waals surface area contributed by atoms with Gasteiger partial charge >= 0.3 is 5.97 Å². The van der Waals surface area contributed by atoms with Crippen LogP contribution in [0, 0.1) is 0 Å². The van der Waals surface area contributed by atoms with E-state index in [4.69, 9.17) is 18.9 Å². The third-order valence-electron chi connectivity index (χ3n) is 5.27. The first-order chi connectivity index (χ1) is 16.5. The first kappa shape index (κ1) is 22.9. The molecule has 0 aromatic heterocycles. The maximum absolute atomic E-state index is 13.1. The van der Waals surface area contributed by atoms with Gasteiger partial charge in [-0.2, -0.15) is 0 Å². The first-order valence-electron chi connectivity index (χ1n) is 10.8. The van der Waals surface area contributed by atoms with E-state index >= 15 is 0 Å². The molecule has 7 nitrogen and oxygen atoms in total. The number of ether oxygens (including phenoxy) is 4. The molecule has 7 heteroatoms. The van der Waals surface area contributed by atoms with Crippen LogP contribution in [-0.4, -0.2) is 31.9 Å². The van der Waals surface area contributed by atoms with Crippen molar-refractivity contribution in [3.8, 4) is 17.2 Å². The smallest absolute Gasteiger partial charge is 0.339 e. The number of amides is 1. The molecule has 0 spiro atoms. The Morgan fingerprint density at radius 3 is 2.59 bits per heavy atom. The summed E-state index contributed by atoms with van der Waals surface area (Å²) >= 11 is 0. The van der Waals surface area contributed by atoms with Crippen molar-refractivity contribution in [1.82, 2.24) is 5.32 Å². The first-order valence-corrected chi connectivity index (χ1v) is 10.8. The number of esters is 1. The lowest BCUT2D eigenvalue weighted by Crippen LogP contribution is -2.35. The standard InChI is InChI=1S/C27H25NO6/c1-18(26(29)28-16-20-11-12-24-25(15-20)33-17-32-24)34-27(30)23(21-8-4-3-5-9-21)14-19-7-6-10-22(13-19)31-2/h3-15,18H,16-17H2,1-2H3,(H,28,29)/b23-14+. The van der Waals surface area contributed by atoms with E-state index in [9.17, 15) is 9.59 Å². The molecule has 3 aromatic carbocycles. The lowest BCUT2D eigenvalue weighted by Gasteiger charge is -2.15. The summed E-state index contributed by atoms with van der Waals surface area (Å²) in [5.41, 5.74) is 2.64. The van der Waals surface area contributed by atoms with Crippen LogP contribution < -0.4 is 19.5 Å². The molecule has 3 aromatic rings. The number of hydrogen-bond donors (Lipinski definition) is 1. The van der Waals surface area contributed by atoms with Crippen molar-refractivity contribution in [2.45, 2.75) is 19.6 Å². The summed E-state index contributed by atoms with van der Waals surface area (Å²) in [5, 5.41) is 2.79. The Morgan fingerprint density at radius 2 is 1.79 bits per heavy atom. The molecule has 1 aliphatic rings. The van der Waals surface area contributed by atoms with Crippen LogP contribution >= 0.6 is 0 Å². The molecule has 0 saturated heterocycles. The van der Waals surface area contributed by atoms with E-state index in [2.05, 4.69) is 5.32 Å². The number of hydrogen-bond acceptors (Lipinski definition) is 6. The van der Waals surface area contributed by atoms with Gasteiger partial charge in [0, 0.05) is 6.54 Å². The number of methoxy groups -OCH3 is 1. The minimum atomic E-state index is -0.987. The van der Waals surface area contributed by atoms with E-state index < -0.39 is 18.0 Å². The van der Waals surface area contributed by atoms with Crippen LogP contribution in [0.2, 0.25) is 0 Å². The molecule has 0 bridgehead atoms. The monoisotopic (exact) mass is 459 g/mol. The fourth-order valence-electron chi connectivity index (χ4n) is 3.44. The van der Waals surface area contributed by atoms with Crippen molar-refractivity contribution in [3.63, 3.8) is 0 Å². The summed E-state index contributed by atoms with van der Waals surface area (Å²) in [5.74, 6) is 0.986. The maximum atomic E-state index is 13.1. The van der Waals surface area contributed by atoms with E-state index in [1.807, 2.05) is 66.7 Å². The zero-order chi connectivity index (χ0) is 23.9. The molecule has 1 heterocycles. The van der Waals surface area contributed by atoms with Crippen LogP contribution in [0.3, 0.4) is 0 Å². The molecule has 34 heavy (non-hydrogen) atoms. The lowest BCUT2D eigenvalue weighted by atomic mass is 10.0. The Kier molecular flexibility index (Phi) is 7.13. The van der Waals surface area contributed by atoms with E-state index in [0.717, 1.165) is 11.1 Å². The van der Waals surface area contributed by atoms with Crippen molar-refractivity contribution in [2.24, 2.45) is 0 Å². The molecule has 1 aliphatic heterocycles. The average Bonchev–Trinajstić information content (AvgIpc) is 3.34. The summed E-state index contributed by atoms with van der Waals surface area (Å²) in [6, 6.07) is 22.0. The molecule has 0 fully saturated rings. The van der Waals surface area contributed by atoms with Crippen molar-refractivity contribution in [2.75, 3.05) is 13.9 Å². The van der Waals surface area contributed by atoms with Gasteiger partial charge in [-0.15, -0.1) is 0 Å². The Balaban J connectivity index is 1.45. The van der Waals surface area contributed by atoms with Crippen LogP contribution in [0.15, 0.2) is 72.8 Å². The van der Waals surface area contributed by atoms with Crippen molar-refractivity contribution >= 4 is 23.5 Å². The predicted molar refractivity (Wildman–Crippen MR) is 127 cm³/mol. The van der Waals surface area contributed by atoms with Gasteiger partial charge in [-0.25, -0.2) is 4.79 Å². The fourth-order valence-corrected chi connectivity index (χ4v) is 3.44. The van der Waals surface area contributed by atoms with Crippen LogP contribution in [0.5, 0.6) is 17.2 Å². The highest BCUT2D eigenvalue weighted by molar-refractivity contribution is 6.22. The second-order valence-electron chi connectivity index (χ2n) is 7.65. The van der Waals surface area contributed by atoms with Gasteiger partial charge in [-0.05, 0) is 54.0 Å². The number of rotatable bonds is 8. The summed E-state index contributed by atoms with van der Waals surface area (Å²) in [6.45, 7) is 1.99. The summed E-state index contributed by atoms with van der Waals surface area (Å²) in [7, 11) is 1.58. The number of nitrogens with one attached hydrogen (secondary N) is 1. The van der Waals surface area contributed by atoms with Gasteiger partial charge in [0.05, 0.1) is 12.7 Å². The van der Waals surface area contributed by atoms with E-state index in [1.165, 1.54) is 0 Å². The molecule has 1 N–H and O–H groups in total. The van der Waals surface area contributed by atoms with Crippen molar-refractivity contribution < 1.29 is 28.5 Å². The van der Waals surface area contributed by atoms with Gasteiger partial charge in [0.2, 0.25) is 6.79 Å². The highest BCUT2D eigenvalue weighted by atomic mass is 16.7. The minimum absolute atomic E-state index is 0.186. The van der Waals surface area contributed by atoms with E-state index in [0.29, 0.717) is 28.4 Å². The molecular weight excluding hydrogens is 434 g/mol. The SMILES string of the molecule is COc1cccc(/C=C(/C(=O)OC(C)C(=O)NCc2ccc3c(c2)OCO3)c2ccccc2)c1. The Morgan fingerprint density at radius 1 is 1.00 bits per heavy atom. The molecule has 174 valence electrons. The average molecular weight is 459 g/mol. The lowest BCUT2D eigenvalue weighted by molar-refractivity contribution is -0.149. The van der Waals surface area contributed by atoms with Crippen molar-refractivity contribution in [1.29, 1.82) is 0 Å². The maximum Gasteiger partial charge on any atom is 0.339 e. The second kappa shape index (κ2) is 10.6. The minimum Gasteiger partial charge on any atom is -0.497 e. The third kappa shape index (κ3) is 5.56. The molecule has 0 aliphatic carbocycles. The zero-order valence-corrected chi connectivity index (χ0v) is 18.9. The third-order valence-corrected chi connectivity index (χ3v) is 5.27. The van der Waals surface area contributed by atoms with Gasteiger partial charge in [0.25, 0.3) is 5.91 Å². The largest absolute Gasteiger partial charge is 0.497 e. The number of carbonyl (C=O) groups excluding carboxylic acids is 2. The number of benzene rings is 3. The summed E-state index contributed by atoms with van der Waals surface area (Å²) in [4.78, 5) is 25.7. The number of carbonyl (C=O) groups is 2. The van der Waals surface area contributed by atoms with Gasteiger partial charge < -0.3 is 24.3 Å². The Bertz CT molecular complexity index is 1200. The highest BCUT2D eigenvalue weighted by Gasteiger charge is 2.22. The van der Waals surface area contributed by atoms with Gasteiger partial charge in [-0.3, -0.25) is 4.79 Å². The van der Waals surface area contributed by atoms with Gasteiger partial charge in [0.15, 0.2) is 17.6 Å². The molecule has 4 rings (SSSR count). The molecular formula is C27H25NO6. The van der Waals surface area contributed by atoms with Crippen LogP contribution in [-0.2, 0) is 20.9 Å². The van der Waals surface area contributed by atoms with E-state index in [-0.39, 0.29) is 13.3 Å². The van der Waals surface area contributed by atoms with Crippen molar-refractivity contribution in [3.05, 3.63) is 89.5 Å².